The molecule has 114 valence electrons. The van der Waals surface area contributed by atoms with Crippen LogP contribution in [0.3, 0.4) is 0 Å². The molecule has 0 radical (unpaired) electrons. The van der Waals surface area contributed by atoms with E-state index in [1.165, 1.54) is 25.3 Å². The molecule has 22 heavy (non-hydrogen) atoms. The van der Waals surface area contributed by atoms with Crippen molar-refractivity contribution < 1.29 is 23.5 Å². The third-order valence-electron chi connectivity index (χ3n) is 2.71. The predicted octanol–water partition coefficient (Wildman–Crippen LogP) is 3.48. The summed E-state index contributed by atoms with van der Waals surface area (Å²) in [7, 11) is 1.25. The van der Waals surface area contributed by atoms with Crippen molar-refractivity contribution in [3.8, 4) is 0 Å². The van der Waals surface area contributed by atoms with E-state index in [1.54, 1.807) is 24.3 Å². The number of hydrogen-bond donors (Lipinski definition) is 0. The highest BCUT2D eigenvalue weighted by Gasteiger charge is 2.11. The average molecular weight is 321 g/mol. The van der Waals surface area contributed by atoms with Crippen LogP contribution in [0.4, 0.5) is 0 Å². The summed E-state index contributed by atoms with van der Waals surface area (Å²) in [6.07, 6.45) is 2.83. The Morgan fingerprint density at radius 2 is 2.00 bits per heavy atom. The van der Waals surface area contributed by atoms with Crippen LogP contribution in [-0.4, -0.2) is 19.0 Å². The first-order valence-corrected chi connectivity index (χ1v) is 6.74. The zero-order valence-electron chi connectivity index (χ0n) is 11.7. The van der Waals surface area contributed by atoms with Crippen molar-refractivity contribution in [2.75, 3.05) is 7.11 Å². The summed E-state index contributed by atoms with van der Waals surface area (Å²) in [6.45, 7) is -0.0807. The highest BCUT2D eigenvalue weighted by atomic mass is 35.5. The smallest absolute Gasteiger partial charge is 0.373 e. The minimum Gasteiger partial charge on any atom is -0.463 e. The fraction of sp³-hybridized carbons (Fsp3) is 0.125. The normalized spacial score (nSPS) is 10.6. The van der Waals surface area contributed by atoms with E-state index in [1.807, 2.05) is 6.07 Å². The van der Waals surface area contributed by atoms with Crippen molar-refractivity contribution in [3.63, 3.8) is 0 Å². The van der Waals surface area contributed by atoms with Crippen LogP contribution in [0.15, 0.2) is 46.9 Å². The highest BCUT2D eigenvalue weighted by Crippen LogP contribution is 2.16. The van der Waals surface area contributed by atoms with E-state index in [9.17, 15) is 9.59 Å². The highest BCUT2D eigenvalue weighted by molar-refractivity contribution is 6.32. The molecule has 6 heteroatoms. The summed E-state index contributed by atoms with van der Waals surface area (Å²) in [5, 5.41) is 0.542. The lowest BCUT2D eigenvalue weighted by molar-refractivity contribution is -0.139. The Hall–Kier alpha value is -2.53. The van der Waals surface area contributed by atoms with Crippen molar-refractivity contribution in [2.45, 2.75) is 6.61 Å². The van der Waals surface area contributed by atoms with E-state index in [2.05, 4.69) is 4.74 Å². The quantitative estimate of drug-likeness (QED) is 0.623. The first-order chi connectivity index (χ1) is 10.6. The molecule has 1 heterocycles. The van der Waals surface area contributed by atoms with Crippen molar-refractivity contribution in [1.29, 1.82) is 0 Å². The Bertz CT molecular complexity index is 702. The van der Waals surface area contributed by atoms with Crippen molar-refractivity contribution >= 4 is 29.6 Å². The molecule has 0 spiro atoms. The maximum Gasteiger partial charge on any atom is 0.373 e. The molecule has 5 nitrogen and oxygen atoms in total. The van der Waals surface area contributed by atoms with Crippen molar-refractivity contribution in [3.05, 3.63) is 64.6 Å². The van der Waals surface area contributed by atoms with E-state index >= 15 is 0 Å². The number of methoxy groups -OCH3 is 1. The lowest BCUT2D eigenvalue weighted by atomic mass is 10.2. The van der Waals surface area contributed by atoms with Gasteiger partial charge in [0, 0.05) is 11.1 Å². The Kier molecular flexibility index (Phi) is 5.38. The summed E-state index contributed by atoms with van der Waals surface area (Å²) in [5.74, 6) is -0.729. The van der Waals surface area contributed by atoms with Gasteiger partial charge in [-0.25, -0.2) is 9.59 Å². The largest absolute Gasteiger partial charge is 0.463 e. The molecular formula is C16H13ClO5. The summed E-state index contributed by atoms with van der Waals surface area (Å²) in [5.41, 5.74) is 0.715. The summed E-state index contributed by atoms with van der Waals surface area (Å²) < 4.78 is 14.7. The molecule has 2 aromatic rings. The minimum atomic E-state index is -0.587. The van der Waals surface area contributed by atoms with Crippen molar-refractivity contribution in [2.24, 2.45) is 0 Å². The van der Waals surface area contributed by atoms with Gasteiger partial charge in [0.25, 0.3) is 0 Å². The molecule has 0 aliphatic rings. The third kappa shape index (κ3) is 4.23. The van der Waals surface area contributed by atoms with E-state index in [0.29, 0.717) is 16.3 Å². The molecule has 0 N–H and O–H groups in total. The van der Waals surface area contributed by atoms with Gasteiger partial charge in [0.2, 0.25) is 5.76 Å². The molecule has 0 saturated heterocycles. The molecule has 2 rings (SSSR count). The van der Waals surface area contributed by atoms with Crippen LogP contribution in [0.1, 0.15) is 21.9 Å². The van der Waals surface area contributed by atoms with Gasteiger partial charge >= 0.3 is 11.9 Å². The number of halogens is 1. The summed E-state index contributed by atoms with van der Waals surface area (Å²) in [4.78, 5) is 22.8. The molecule has 0 aliphatic heterocycles. The molecule has 1 aromatic heterocycles. The first-order valence-electron chi connectivity index (χ1n) is 6.36. The van der Waals surface area contributed by atoms with Gasteiger partial charge in [-0.2, -0.15) is 0 Å². The van der Waals surface area contributed by atoms with Gasteiger partial charge in [-0.1, -0.05) is 29.8 Å². The molecule has 0 saturated carbocycles. The van der Waals surface area contributed by atoms with Crippen LogP contribution in [0.25, 0.3) is 6.08 Å². The molecule has 1 aromatic carbocycles. The lowest BCUT2D eigenvalue weighted by Gasteiger charge is -1.99. The molecular weight excluding hydrogens is 308 g/mol. The minimum absolute atomic E-state index is 0.0557. The maximum atomic E-state index is 11.6. The van der Waals surface area contributed by atoms with Crippen LogP contribution in [0.5, 0.6) is 0 Å². The standard InChI is InChI=1S/C16H13ClO5/c1-20-16(19)14-8-7-12(22-14)10-21-15(18)9-6-11-4-2-3-5-13(11)17/h2-9H,10H2,1H3/b9-6+. The Morgan fingerprint density at radius 3 is 2.73 bits per heavy atom. The van der Waals surface area contributed by atoms with Gasteiger partial charge in [-0.3, -0.25) is 0 Å². The monoisotopic (exact) mass is 320 g/mol. The van der Waals surface area contributed by atoms with Crippen LogP contribution < -0.4 is 0 Å². The van der Waals surface area contributed by atoms with Gasteiger partial charge in [0.05, 0.1) is 7.11 Å². The Labute approximate surface area is 132 Å². The van der Waals surface area contributed by atoms with Crippen LogP contribution in [-0.2, 0) is 20.9 Å². The maximum absolute atomic E-state index is 11.6. The van der Waals surface area contributed by atoms with Gasteiger partial charge in [0.15, 0.2) is 0 Å². The molecule has 0 atom stereocenters. The fourth-order valence-corrected chi connectivity index (χ4v) is 1.82. The number of carbonyl (C=O) groups is 2. The Morgan fingerprint density at radius 1 is 1.23 bits per heavy atom. The van der Waals surface area contributed by atoms with E-state index in [0.717, 1.165) is 0 Å². The summed E-state index contributed by atoms with van der Waals surface area (Å²) >= 11 is 5.96. The molecule has 0 amide bonds. The number of hydrogen-bond acceptors (Lipinski definition) is 5. The van der Waals surface area contributed by atoms with Gasteiger partial charge in [-0.05, 0) is 29.8 Å². The van der Waals surface area contributed by atoms with Crippen LogP contribution in [0, 0.1) is 0 Å². The number of rotatable bonds is 5. The van der Waals surface area contributed by atoms with E-state index in [-0.39, 0.29) is 12.4 Å². The second-order valence-electron chi connectivity index (χ2n) is 4.22. The zero-order chi connectivity index (χ0) is 15.9. The zero-order valence-corrected chi connectivity index (χ0v) is 12.5. The van der Waals surface area contributed by atoms with Gasteiger partial charge in [0.1, 0.15) is 12.4 Å². The topological polar surface area (TPSA) is 65.7 Å². The van der Waals surface area contributed by atoms with E-state index < -0.39 is 11.9 Å². The number of carbonyl (C=O) groups excluding carboxylic acids is 2. The summed E-state index contributed by atoms with van der Waals surface area (Å²) in [6, 6.07) is 10.1. The fourth-order valence-electron chi connectivity index (χ4n) is 1.62. The second-order valence-corrected chi connectivity index (χ2v) is 4.63. The molecule has 0 aliphatic carbocycles. The number of ether oxygens (including phenoxy) is 2. The number of esters is 2. The molecule has 0 bridgehead atoms. The third-order valence-corrected chi connectivity index (χ3v) is 3.05. The van der Waals surface area contributed by atoms with Crippen LogP contribution in [0.2, 0.25) is 5.02 Å². The molecule has 0 unspecified atom stereocenters. The first kappa shape index (κ1) is 15.9. The van der Waals surface area contributed by atoms with Gasteiger partial charge < -0.3 is 13.9 Å². The van der Waals surface area contributed by atoms with Crippen LogP contribution >= 0.6 is 11.6 Å². The van der Waals surface area contributed by atoms with Gasteiger partial charge in [-0.15, -0.1) is 0 Å². The van der Waals surface area contributed by atoms with E-state index in [4.69, 9.17) is 20.8 Å². The predicted molar refractivity (Wildman–Crippen MR) is 80.3 cm³/mol. The number of furan rings is 1. The Balaban J connectivity index is 1.89. The second kappa shape index (κ2) is 7.47. The van der Waals surface area contributed by atoms with Crippen molar-refractivity contribution in [1.82, 2.24) is 0 Å². The average Bonchev–Trinajstić information content (AvgIpc) is 3.00. The number of benzene rings is 1. The SMILES string of the molecule is COC(=O)c1ccc(COC(=O)/C=C/c2ccccc2Cl)o1. The lowest BCUT2D eigenvalue weighted by Crippen LogP contribution is -2.01. The molecule has 0 fully saturated rings.